The van der Waals surface area contributed by atoms with Crippen LogP contribution in [0.1, 0.15) is 142 Å². The second kappa shape index (κ2) is 37.4. The van der Waals surface area contributed by atoms with Gasteiger partial charge in [-0.25, -0.2) is 13.9 Å². The van der Waals surface area contributed by atoms with Crippen molar-refractivity contribution in [2.45, 2.75) is 179 Å². The van der Waals surface area contributed by atoms with E-state index < -0.39 is 120 Å². The third kappa shape index (κ3) is 27.8. The van der Waals surface area contributed by atoms with Gasteiger partial charge in [0.05, 0.1) is 37.4 Å². The number of hydrogen-bond acceptors (Lipinski definition) is 18. The second-order valence-electron chi connectivity index (χ2n) is 18.8. The van der Waals surface area contributed by atoms with Crippen molar-refractivity contribution in [3.8, 4) is 0 Å². The number of rotatable bonds is 24. The predicted octanol–water partition coefficient (Wildman–Crippen LogP) is 8.03. The molecule has 21 nitrogen and oxygen atoms in total. The normalized spacial score (nSPS) is 28.6. The molecule has 0 amide bonds. The van der Waals surface area contributed by atoms with Gasteiger partial charge in [0.1, 0.15) is 36.6 Å². The van der Waals surface area contributed by atoms with Crippen LogP contribution in [-0.2, 0) is 51.1 Å². The molecule has 432 valence electrons. The number of nitrogen functional groups attached to an aromatic ring is 1. The maximum Gasteiger partial charge on any atom is 0.481 e. The van der Waals surface area contributed by atoms with Crippen molar-refractivity contribution in [2.24, 2.45) is 11.8 Å². The Balaban J connectivity index is 1.72. The highest BCUT2D eigenvalue weighted by Crippen LogP contribution is 2.60. The molecule has 8 N–H and O–H groups in total. The summed E-state index contributed by atoms with van der Waals surface area (Å²) >= 11 is 0. The van der Waals surface area contributed by atoms with Crippen LogP contribution in [0.5, 0.6) is 0 Å². The number of allylic oxidation sites excluding steroid dienone is 12. The summed E-state index contributed by atoms with van der Waals surface area (Å²) in [5.41, 5.74) is 4.72. The van der Waals surface area contributed by atoms with E-state index in [0.717, 1.165) is 75.0 Å². The van der Waals surface area contributed by atoms with Crippen LogP contribution in [0.25, 0.3) is 0 Å². The number of anilines is 1. The van der Waals surface area contributed by atoms with Gasteiger partial charge < -0.3 is 50.2 Å². The third-order valence-corrected chi connectivity index (χ3v) is 14.9. The van der Waals surface area contributed by atoms with E-state index in [-0.39, 0.29) is 37.9 Å². The molecule has 2 unspecified atom stereocenters. The van der Waals surface area contributed by atoms with Crippen molar-refractivity contribution < 1.29 is 81.3 Å². The van der Waals surface area contributed by atoms with Gasteiger partial charge in [0.15, 0.2) is 6.10 Å². The van der Waals surface area contributed by atoms with Crippen LogP contribution in [0.2, 0.25) is 0 Å². The smallest absolute Gasteiger partial charge is 0.462 e. The Morgan fingerprint density at radius 3 is 2.16 bits per heavy atom. The van der Waals surface area contributed by atoms with Gasteiger partial charge in [-0.05, 0) is 83.1 Å². The number of aliphatic hydroxyl groups is 4. The number of carbonyl (C=O) groups is 3. The van der Waals surface area contributed by atoms with Crippen molar-refractivity contribution in [1.29, 1.82) is 0 Å². The molecular weight excluding hydrogens is 1040 g/mol. The van der Waals surface area contributed by atoms with Crippen LogP contribution in [0.4, 0.5) is 5.82 Å². The summed E-state index contributed by atoms with van der Waals surface area (Å²) in [7, 11) is -11.3. The number of hydrogen-bond donors (Lipinski definition) is 7. The quantitative estimate of drug-likeness (QED) is 0.0223. The highest BCUT2D eigenvalue weighted by atomic mass is 31.3. The van der Waals surface area contributed by atoms with Crippen molar-refractivity contribution in [1.82, 2.24) is 9.55 Å². The molecule has 1 saturated heterocycles. The van der Waals surface area contributed by atoms with Crippen molar-refractivity contribution in [3.05, 3.63) is 108 Å². The number of nitrogens with zero attached hydrogens (tertiary/aromatic N) is 2. The van der Waals surface area contributed by atoms with Crippen molar-refractivity contribution >= 4 is 39.2 Å². The largest absolute Gasteiger partial charge is 0.481 e. The molecule has 77 heavy (non-hydrogen) atoms. The number of unbranched alkanes of at least 4 members (excludes halogenated alkanes) is 5. The van der Waals surface area contributed by atoms with E-state index in [1.165, 1.54) is 18.2 Å². The zero-order chi connectivity index (χ0) is 56.5. The lowest BCUT2D eigenvalue weighted by Gasteiger charge is -2.38. The van der Waals surface area contributed by atoms with Crippen LogP contribution in [0.3, 0.4) is 0 Å². The van der Waals surface area contributed by atoms with E-state index >= 15 is 0 Å². The molecule has 1 aromatic heterocycles. The number of cyclic esters (lactones) is 1. The van der Waals surface area contributed by atoms with Crippen LogP contribution in [0, 0.1) is 11.8 Å². The van der Waals surface area contributed by atoms with Gasteiger partial charge in [-0.15, -0.1) is 0 Å². The molecule has 11 atom stereocenters. The first-order chi connectivity index (χ1) is 36.9. The number of aromatic nitrogens is 2. The minimum absolute atomic E-state index is 0.0313. The van der Waals surface area contributed by atoms with Gasteiger partial charge in [-0.1, -0.05) is 125 Å². The summed E-state index contributed by atoms with van der Waals surface area (Å²) in [5, 5.41) is 45.5. The first-order valence-electron chi connectivity index (χ1n) is 26.7. The van der Waals surface area contributed by atoms with E-state index in [9.17, 15) is 58.5 Å². The SMILES string of the molecule is CC/C=C\C/C=C\C/C=C\C/C=C\C/C=C\CCCCCC(=O)OC[C@@H]1COP(=O)(O)OP(=O)(O)OC[C@H]2O[C@@H](n3ccc(N)nc3=O)[C@@H](CC=CCCCC(=O)O1)C(=O)C[C@@H](O)[C@H](/C=C/[C@@H](O)CCCCC)[C@H](O)[C@@H]2O. The molecular formula is C54H83N3O18P2. The maximum atomic E-state index is 14.3. The molecule has 2 aliphatic heterocycles. The predicted molar refractivity (Wildman–Crippen MR) is 289 cm³/mol. The molecule has 1 aromatic rings. The number of carbonyl (C=O) groups excluding carboxylic acids is 3. The van der Waals surface area contributed by atoms with E-state index in [4.69, 9.17) is 29.0 Å². The van der Waals surface area contributed by atoms with Crippen LogP contribution in [0.15, 0.2) is 102 Å². The Morgan fingerprint density at radius 2 is 1.51 bits per heavy atom. The van der Waals surface area contributed by atoms with Crippen molar-refractivity contribution in [2.75, 3.05) is 25.6 Å². The fraction of sp³-hybridized carbons (Fsp3) is 0.611. The Bertz CT molecular complexity index is 2300. The molecule has 0 radical (unpaired) electrons. The number of phosphoric ester groups is 2. The number of phosphoric acid groups is 2. The van der Waals surface area contributed by atoms with Gasteiger partial charge in [0.25, 0.3) is 0 Å². The molecule has 0 aliphatic carbocycles. The summed E-state index contributed by atoms with van der Waals surface area (Å²) in [6.07, 6.45) is 25.6. The lowest BCUT2D eigenvalue weighted by Crippen LogP contribution is -2.51. The zero-order valence-electron chi connectivity index (χ0n) is 44.4. The first kappa shape index (κ1) is 66.8. The number of esters is 2. The zero-order valence-corrected chi connectivity index (χ0v) is 46.2. The van der Waals surface area contributed by atoms with Crippen LogP contribution < -0.4 is 11.4 Å². The Labute approximate surface area is 452 Å². The summed E-state index contributed by atoms with van der Waals surface area (Å²) in [6, 6.07) is 1.21. The molecule has 23 heteroatoms. The average molecular weight is 1120 g/mol. The second-order valence-corrected chi connectivity index (χ2v) is 21.8. The Kier molecular flexibility index (Phi) is 32.5. The summed E-state index contributed by atoms with van der Waals surface area (Å²) in [6.45, 7) is 1.30. The van der Waals surface area contributed by atoms with E-state index in [0.29, 0.717) is 19.3 Å². The third-order valence-electron chi connectivity index (χ3n) is 12.3. The fourth-order valence-electron chi connectivity index (χ4n) is 8.09. The molecule has 0 saturated carbocycles. The van der Waals surface area contributed by atoms with Crippen LogP contribution >= 0.6 is 15.6 Å². The lowest BCUT2D eigenvalue weighted by atomic mass is 9.83. The molecule has 3 rings (SSSR count). The van der Waals surface area contributed by atoms with Gasteiger partial charge in [0.2, 0.25) is 0 Å². The topological polar surface area (TPSA) is 323 Å². The number of fused-ring (bicyclic) bond motifs is 3. The Hall–Kier alpha value is -4.47. The molecule has 0 aromatic carbocycles. The summed E-state index contributed by atoms with van der Waals surface area (Å²) in [4.78, 5) is 78.4. The average Bonchev–Trinajstić information content (AvgIpc) is 3.37. The summed E-state index contributed by atoms with van der Waals surface area (Å²) < 4.78 is 58.8. The highest BCUT2D eigenvalue weighted by molar-refractivity contribution is 7.61. The Morgan fingerprint density at radius 1 is 0.857 bits per heavy atom. The number of ketones is 1. The molecule has 2 aliphatic rings. The number of ether oxygens (including phenoxy) is 3. The monoisotopic (exact) mass is 1120 g/mol. The summed E-state index contributed by atoms with van der Waals surface area (Å²) in [5.74, 6) is -5.20. The highest BCUT2D eigenvalue weighted by Gasteiger charge is 2.45. The molecule has 1 fully saturated rings. The minimum atomic E-state index is -5.73. The number of nitrogens with two attached hydrogens (primary N) is 1. The van der Waals surface area contributed by atoms with Gasteiger partial charge in [0, 0.05) is 31.4 Å². The first-order valence-corrected chi connectivity index (χ1v) is 29.7. The molecule has 2 bridgehead atoms. The molecule has 0 spiro atoms. The van der Waals surface area contributed by atoms with E-state index in [2.05, 4.69) is 77.0 Å². The van der Waals surface area contributed by atoms with Crippen molar-refractivity contribution in [3.63, 3.8) is 0 Å². The van der Waals surface area contributed by atoms with Gasteiger partial charge in [-0.3, -0.25) is 28.0 Å². The van der Waals surface area contributed by atoms with E-state index in [1.54, 1.807) is 12.2 Å². The van der Waals surface area contributed by atoms with Gasteiger partial charge in [-0.2, -0.15) is 9.29 Å². The lowest BCUT2D eigenvalue weighted by molar-refractivity contribution is -0.183. The molecule has 3 heterocycles. The van der Waals surface area contributed by atoms with Gasteiger partial charge >= 0.3 is 33.3 Å². The van der Waals surface area contributed by atoms with Crippen LogP contribution in [-0.4, -0.2) is 114 Å². The number of aliphatic hydroxyl groups excluding tert-OH is 4. The number of Topliss-reactive ketones (excluding diaryl/α,β-unsaturated/α-hetero) is 1. The fourth-order valence-corrected chi connectivity index (χ4v) is 10.2. The maximum absolute atomic E-state index is 14.3. The van der Waals surface area contributed by atoms with E-state index in [1.807, 2.05) is 6.92 Å². The standard InChI is InChI=1S/C54H83N3O18P2/c1-3-5-7-8-9-10-11-12-13-14-15-16-17-18-19-20-21-22-27-31-49(61)70-38-42-39-71-76(66,67)75-77(68,69)72-40-47-52(64)51(63)43(34-33-41(58)29-25-6-4-2)45(59)37-46(60)44(30-26-23-24-28-32-50(62)73-42)53(74-47)57-36-35-48(55)56-54(57)65/h5,7,9-10,12-13,15-16,18-19,23,26,33-36,41-45,47,51-53,58-59,63-64H,3-4,6,8,11,14,17,20-22,24-25,27-32,37-40H2,1-2H3,(H,66,67)(H,68,69)(H2,55,56,65)/b7-5-,10-9-,13-12-,16-15-,19-18-,26-23?,34-33+/t41-,42+,43-,44-,45+,47+,51-,52+,53+/m0/s1. The minimum Gasteiger partial charge on any atom is -0.462 e.